The lowest BCUT2D eigenvalue weighted by Gasteiger charge is -2.28. The van der Waals surface area contributed by atoms with Crippen LogP contribution in [0.5, 0.6) is 0 Å². The molecule has 0 N–H and O–H groups in total. The Kier molecular flexibility index (Phi) is 5.13. The van der Waals surface area contributed by atoms with Crippen molar-refractivity contribution in [1.29, 1.82) is 0 Å². The summed E-state index contributed by atoms with van der Waals surface area (Å²) in [5, 5.41) is 0. The van der Waals surface area contributed by atoms with Gasteiger partial charge in [0.2, 0.25) is 0 Å². The fourth-order valence-electron chi connectivity index (χ4n) is 4.32. The molecule has 0 bridgehead atoms. The van der Waals surface area contributed by atoms with Gasteiger partial charge in [-0.25, -0.2) is 9.97 Å². The third-order valence-electron chi connectivity index (χ3n) is 6.33. The van der Waals surface area contributed by atoms with Gasteiger partial charge >= 0.3 is 0 Å². The van der Waals surface area contributed by atoms with Crippen LogP contribution >= 0.6 is 0 Å². The van der Waals surface area contributed by atoms with Crippen molar-refractivity contribution in [3.8, 4) is 0 Å². The molecule has 4 aromatic rings. The molecule has 7 heteroatoms. The van der Waals surface area contributed by atoms with E-state index >= 15 is 0 Å². The molecule has 1 aliphatic rings. The van der Waals surface area contributed by atoms with Gasteiger partial charge in [-0.3, -0.25) is 23.3 Å². The summed E-state index contributed by atoms with van der Waals surface area (Å²) in [6.07, 6.45) is 6.04. The average Bonchev–Trinajstić information content (AvgIpc) is 3.59. The number of nitrogens with zero attached hydrogens (tertiary/aromatic N) is 5. The molecule has 4 heterocycles. The summed E-state index contributed by atoms with van der Waals surface area (Å²) in [5.41, 5.74) is 4.64. The van der Waals surface area contributed by atoms with E-state index in [1.807, 2.05) is 50.5 Å². The van der Waals surface area contributed by atoms with Crippen molar-refractivity contribution >= 4 is 11.3 Å². The Bertz CT molecular complexity index is 1330. The third-order valence-corrected chi connectivity index (χ3v) is 6.33. The second-order valence-corrected chi connectivity index (χ2v) is 9.02. The van der Waals surface area contributed by atoms with Gasteiger partial charge in [0, 0.05) is 43.7 Å². The normalized spacial score (nSPS) is 15.0. The standard InChI is InChI=1S/C25H27N5O2/c1-16-4-8-22-26-20(10-24(31)29(22)12-16)14-28(18(3)19-6-7-19)15-21-11-25(32)30-13-17(2)5-9-23(30)27-21/h4-5,8-13,18-19H,6-7,14-15H2,1-3H3. The van der Waals surface area contributed by atoms with Crippen molar-refractivity contribution in [2.24, 2.45) is 5.92 Å². The van der Waals surface area contributed by atoms with Crippen molar-refractivity contribution in [1.82, 2.24) is 23.7 Å². The summed E-state index contributed by atoms with van der Waals surface area (Å²) < 4.78 is 3.17. The summed E-state index contributed by atoms with van der Waals surface area (Å²) >= 11 is 0. The van der Waals surface area contributed by atoms with Gasteiger partial charge in [0.15, 0.2) is 0 Å². The third kappa shape index (κ3) is 4.08. The smallest absolute Gasteiger partial charge is 0.258 e. The van der Waals surface area contributed by atoms with E-state index in [-0.39, 0.29) is 11.1 Å². The summed E-state index contributed by atoms with van der Waals surface area (Å²) in [4.78, 5) is 37.1. The van der Waals surface area contributed by atoms with Crippen LogP contribution in [0.2, 0.25) is 0 Å². The quantitative estimate of drug-likeness (QED) is 0.471. The van der Waals surface area contributed by atoms with Crippen LogP contribution in [0.25, 0.3) is 11.3 Å². The highest BCUT2D eigenvalue weighted by molar-refractivity contribution is 5.41. The number of aromatic nitrogens is 4. The minimum Gasteiger partial charge on any atom is -0.289 e. The van der Waals surface area contributed by atoms with Crippen LogP contribution in [0, 0.1) is 19.8 Å². The largest absolute Gasteiger partial charge is 0.289 e. The van der Waals surface area contributed by atoms with Crippen LogP contribution in [0.4, 0.5) is 0 Å². The van der Waals surface area contributed by atoms with Crippen molar-refractivity contribution in [2.75, 3.05) is 0 Å². The van der Waals surface area contributed by atoms with Gasteiger partial charge in [0.1, 0.15) is 11.3 Å². The molecule has 164 valence electrons. The molecule has 1 saturated carbocycles. The summed E-state index contributed by atoms with van der Waals surface area (Å²) in [6, 6.07) is 11.2. The predicted molar refractivity (Wildman–Crippen MR) is 124 cm³/mol. The Morgan fingerprint density at radius 3 is 1.78 bits per heavy atom. The zero-order valence-corrected chi connectivity index (χ0v) is 18.7. The zero-order chi connectivity index (χ0) is 22.4. The summed E-state index contributed by atoms with van der Waals surface area (Å²) in [6.45, 7) is 7.20. The van der Waals surface area contributed by atoms with Gasteiger partial charge in [-0.05, 0) is 62.8 Å². The van der Waals surface area contributed by atoms with Gasteiger partial charge in [-0.15, -0.1) is 0 Å². The maximum atomic E-state index is 12.7. The van der Waals surface area contributed by atoms with Crippen molar-refractivity contribution in [2.45, 2.75) is 52.7 Å². The van der Waals surface area contributed by atoms with Gasteiger partial charge in [-0.1, -0.05) is 12.1 Å². The lowest BCUT2D eigenvalue weighted by Crippen LogP contribution is -2.35. The van der Waals surface area contributed by atoms with Crippen molar-refractivity contribution < 1.29 is 0 Å². The first-order valence-corrected chi connectivity index (χ1v) is 11.1. The van der Waals surface area contributed by atoms with Crippen LogP contribution in [0.15, 0.2) is 58.4 Å². The molecule has 0 saturated heterocycles. The monoisotopic (exact) mass is 429 g/mol. The minimum absolute atomic E-state index is 0.0785. The molecule has 0 amide bonds. The Morgan fingerprint density at radius 2 is 1.34 bits per heavy atom. The van der Waals surface area contributed by atoms with E-state index in [4.69, 9.17) is 9.97 Å². The van der Waals surface area contributed by atoms with Crippen molar-refractivity contribution in [3.05, 3.63) is 92.0 Å². The summed E-state index contributed by atoms with van der Waals surface area (Å²) in [5.74, 6) is 0.628. The number of aryl methyl sites for hydroxylation is 2. The first kappa shape index (κ1) is 20.6. The molecule has 32 heavy (non-hydrogen) atoms. The van der Waals surface area contributed by atoms with Crippen molar-refractivity contribution in [3.63, 3.8) is 0 Å². The lowest BCUT2D eigenvalue weighted by molar-refractivity contribution is 0.168. The molecular weight excluding hydrogens is 402 g/mol. The number of fused-ring (bicyclic) bond motifs is 2. The molecule has 0 spiro atoms. The average molecular weight is 430 g/mol. The van der Waals surface area contributed by atoms with E-state index in [0.29, 0.717) is 36.3 Å². The molecule has 1 fully saturated rings. The molecule has 7 nitrogen and oxygen atoms in total. The Labute approximate surface area is 186 Å². The number of rotatable bonds is 6. The molecule has 4 aromatic heterocycles. The second kappa shape index (κ2) is 7.98. The van der Waals surface area contributed by atoms with Crippen LogP contribution in [0.3, 0.4) is 0 Å². The van der Waals surface area contributed by atoms with Gasteiger partial charge in [0.05, 0.1) is 11.4 Å². The van der Waals surface area contributed by atoms with Gasteiger partial charge < -0.3 is 0 Å². The first-order chi connectivity index (χ1) is 15.4. The maximum absolute atomic E-state index is 12.7. The molecular formula is C25H27N5O2. The minimum atomic E-state index is -0.0785. The highest BCUT2D eigenvalue weighted by Gasteiger charge is 2.32. The molecule has 1 atom stereocenters. The first-order valence-electron chi connectivity index (χ1n) is 11.1. The SMILES string of the molecule is Cc1ccc2nc(CN(Cc3cc(=O)n4cc(C)ccc4n3)C(C)C3CC3)cc(=O)n2c1. The lowest BCUT2D eigenvalue weighted by atomic mass is 10.1. The van der Waals surface area contributed by atoms with Gasteiger partial charge in [0.25, 0.3) is 11.1 Å². The predicted octanol–water partition coefficient (Wildman–Crippen LogP) is 3.12. The number of hydrogen-bond acceptors (Lipinski definition) is 5. The van der Waals surface area contributed by atoms with E-state index < -0.39 is 0 Å². The maximum Gasteiger partial charge on any atom is 0.258 e. The van der Waals surface area contributed by atoms with Gasteiger partial charge in [-0.2, -0.15) is 0 Å². The van der Waals surface area contributed by atoms with E-state index in [0.717, 1.165) is 22.5 Å². The van der Waals surface area contributed by atoms with E-state index in [9.17, 15) is 9.59 Å². The number of hydrogen-bond donors (Lipinski definition) is 0. The van der Waals surface area contributed by atoms with E-state index in [2.05, 4.69) is 11.8 Å². The topological polar surface area (TPSA) is 72.0 Å². The summed E-state index contributed by atoms with van der Waals surface area (Å²) in [7, 11) is 0. The highest BCUT2D eigenvalue weighted by Crippen LogP contribution is 2.36. The fraction of sp³-hybridized carbons (Fsp3) is 0.360. The van der Waals surface area contributed by atoms with Crippen LogP contribution in [-0.2, 0) is 13.1 Å². The number of pyridine rings is 2. The molecule has 0 radical (unpaired) electrons. The Morgan fingerprint density at radius 1 is 0.875 bits per heavy atom. The molecule has 5 rings (SSSR count). The molecule has 0 aromatic carbocycles. The zero-order valence-electron chi connectivity index (χ0n) is 18.7. The Balaban J connectivity index is 1.49. The van der Waals surface area contributed by atoms with Crippen LogP contribution < -0.4 is 11.1 Å². The van der Waals surface area contributed by atoms with E-state index in [1.54, 1.807) is 20.9 Å². The highest BCUT2D eigenvalue weighted by atomic mass is 16.1. The van der Waals surface area contributed by atoms with Crippen LogP contribution in [0.1, 0.15) is 42.3 Å². The fourth-order valence-corrected chi connectivity index (χ4v) is 4.32. The van der Waals surface area contributed by atoms with E-state index in [1.165, 1.54) is 12.8 Å². The molecule has 1 aliphatic carbocycles. The molecule has 0 aliphatic heterocycles. The second-order valence-electron chi connectivity index (χ2n) is 9.02. The van der Waals surface area contributed by atoms with Crippen LogP contribution in [-0.4, -0.2) is 29.7 Å². The molecule has 1 unspecified atom stereocenters. The Hall–Kier alpha value is -3.32.